The predicted octanol–water partition coefficient (Wildman–Crippen LogP) is 2.37. The van der Waals surface area contributed by atoms with Gasteiger partial charge in [-0.05, 0) is 44.6 Å². The minimum atomic E-state index is -2.93. The Bertz CT molecular complexity index is 379. The molecule has 5 atom stereocenters. The number of nitrogens with one attached hydrogen (secondary N) is 1. The van der Waals surface area contributed by atoms with Crippen molar-refractivity contribution in [3.8, 4) is 0 Å². The Hall–Kier alpha value is -0.0900. The van der Waals surface area contributed by atoms with Gasteiger partial charge in [-0.1, -0.05) is 26.7 Å². The van der Waals surface area contributed by atoms with Crippen LogP contribution in [0.5, 0.6) is 0 Å². The second-order valence-electron chi connectivity index (χ2n) is 6.35. The van der Waals surface area contributed by atoms with Crippen LogP contribution in [0.2, 0.25) is 0 Å². The van der Waals surface area contributed by atoms with E-state index in [1.54, 1.807) is 0 Å². The van der Waals surface area contributed by atoms with E-state index in [0.717, 1.165) is 32.1 Å². The van der Waals surface area contributed by atoms with Crippen LogP contribution in [0.3, 0.4) is 0 Å². The van der Waals surface area contributed by atoms with Gasteiger partial charge in [0.2, 0.25) is 0 Å². The Kier molecular flexibility index (Phi) is 4.37. The lowest BCUT2D eigenvalue weighted by Crippen LogP contribution is -2.40. The van der Waals surface area contributed by atoms with Gasteiger partial charge >= 0.3 is 0 Å². The molecule has 0 spiro atoms. The van der Waals surface area contributed by atoms with Gasteiger partial charge in [0.05, 0.1) is 10.5 Å². The molecule has 3 nitrogen and oxygen atoms in total. The summed E-state index contributed by atoms with van der Waals surface area (Å²) < 4.78 is 25.6. The normalized spacial score (nSPS) is 42.1. The molecule has 0 aromatic heterocycles. The number of sulfone groups is 1. The Balaban J connectivity index is 2.11. The summed E-state index contributed by atoms with van der Waals surface area (Å²) in [6.07, 6.45) is 5.91. The highest BCUT2D eigenvalue weighted by molar-refractivity contribution is 7.92. The maximum atomic E-state index is 12.8. The summed E-state index contributed by atoms with van der Waals surface area (Å²) >= 11 is 0. The van der Waals surface area contributed by atoms with Gasteiger partial charge in [0.15, 0.2) is 9.84 Å². The number of hydrogen-bond acceptors (Lipinski definition) is 3. The van der Waals surface area contributed by atoms with Crippen molar-refractivity contribution >= 4 is 9.84 Å². The molecule has 2 saturated carbocycles. The van der Waals surface area contributed by atoms with E-state index < -0.39 is 9.84 Å². The third kappa shape index (κ3) is 2.60. The van der Waals surface area contributed by atoms with Crippen molar-refractivity contribution < 1.29 is 8.42 Å². The van der Waals surface area contributed by atoms with Crippen molar-refractivity contribution in [3.63, 3.8) is 0 Å². The maximum absolute atomic E-state index is 12.8. The first-order valence-electron chi connectivity index (χ1n) is 7.36. The molecule has 0 heterocycles. The summed E-state index contributed by atoms with van der Waals surface area (Å²) in [6.45, 7) is 4.29. The predicted molar refractivity (Wildman–Crippen MR) is 75.4 cm³/mol. The molecule has 0 aromatic carbocycles. The standard InChI is InChI=1S/C14H27NO2S/c1-10-5-4-6-12(9-10)18(16,17)14-8-7-13(15-3)11(14)2/h10-15H,4-9H2,1-3H3. The Morgan fingerprint density at radius 2 is 1.78 bits per heavy atom. The minimum Gasteiger partial charge on any atom is -0.317 e. The van der Waals surface area contributed by atoms with Gasteiger partial charge in [-0.3, -0.25) is 0 Å². The topological polar surface area (TPSA) is 46.2 Å². The van der Waals surface area contributed by atoms with Crippen molar-refractivity contribution in [1.82, 2.24) is 5.32 Å². The van der Waals surface area contributed by atoms with Gasteiger partial charge in [0.25, 0.3) is 0 Å². The summed E-state index contributed by atoms with van der Waals surface area (Å²) in [5.74, 6) is 0.840. The molecular formula is C14H27NO2S. The summed E-state index contributed by atoms with van der Waals surface area (Å²) in [5.41, 5.74) is 0. The molecule has 1 N–H and O–H groups in total. The SMILES string of the molecule is CNC1CCC(S(=O)(=O)C2CCCC(C)C2)C1C. The van der Waals surface area contributed by atoms with Gasteiger partial charge in [0.1, 0.15) is 0 Å². The van der Waals surface area contributed by atoms with Crippen LogP contribution < -0.4 is 5.32 Å². The highest BCUT2D eigenvalue weighted by atomic mass is 32.2. The van der Waals surface area contributed by atoms with Crippen molar-refractivity contribution in [2.24, 2.45) is 11.8 Å². The van der Waals surface area contributed by atoms with Gasteiger partial charge < -0.3 is 5.32 Å². The first kappa shape index (κ1) is 14.3. The smallest absolute Gasteiger partial charge is 0.156 e. The molecule has 2 aliphatic carbocycles. The molecule has 0 bridgehead atoms. The zero-order valence-corrected chi connectivity index (χ0v) is 12.7. The Morgan fingerprint density at radius 1 is 1.06 bits per heavy atom. The lowest BCUT2D eigenvalue weighted by atomic mass is 9.90. The van der Waals surface area contributed by atoms with Crippen LogP contribution in [-0.2, 0) is 9.84 Å². The fraction of sp³-hybridized carbons (Fsp3) is 1.00. The summed E-state index contributed by atoms with van der Waals surface area (Å²) in [4.78, 5) is 0. The fourth-order valence-electron chi connectivity index (χ4n) is 3.92. The molecule has 4 heteroatoms. The minimum absolute atomic E-state index is 0.0655. The van der Waals surface area contributed by atoms with Gasteiger partial charge in [-0.15, -0.1) is 0 Å². The van der Waals surface area contributed by atoms with Gasteiger partial charge in [-0.2, -0.15) is 0 Å². The van der Waals surface area contributed by atoms with Gasteiger partial charge in [0, 0.05) is 6.04 Å². The van der Waals surface area contributed by atoms with E-state index in [9.17, 15) is 8.42 Å². The molecule has 5 unspecified atom stereocenters. The van der Waals surface area contributed by atoms with Crippen LogP contribution in [0.1, 0.15) is 52.4 Å². The van der Waals surface area contributed by atoms with Crippen LogP contribution in [0, 0.1) is 11.8 Å². The molecule has 18 heavy (non-hydrogen) atoms. The first-order chi connectivity index (χ1) is 8.46. The second-order valence-corrected chi connectivity index (χ2v) is 8.80. The zero-order valence-electron chi connectivity index (χ0n) is 11.9. The molecule has 0 aliphatic heterocycles. The fourth-order valence-corrected chi connectivity index (χ4v) is 6.76. The number of hydrogen-bond donors (Lipinski definition) is 1. The Labute approximate surface area is 112 Å². The van der Waals surface area contributed by atoms with E-state index in [2.05, 4.69) is 19.2 Å². The monoisotopic (exact) mass is 273 g/mol. The molecule has 0 saturated heterocycles. The van der Waals surface area contributed by atoms with E-state index in [1.165, 1.54) is 6.42 Å². The highest BCUT2D eigenvalue weighted by Crippen LogP contribution is 2.37. The Morgan fingerprint density at radius 3 is 2.33 bits per heavy atom. The zero-order chi connectivity index (χ0) is 13.3. The molecule has 0 aromatic rings. The molecule has 0 radical (unpaired) electrons. The van der Waals surface area contributed by atoms with Crippen molar-refractivity contribution in [2.75, 3.05) is 7.05 Å². The molecular weight excluding hydrogens is 246 g/mol. The summed E-state index contributed by atoms with van der Waals surface area (Å²) in [5, 5.41) is 3.09. The molecule has 0 amide bonds. The second kappa shape index (κ2) is 5.49. The van der Waals surface area contributed by atoms with Crippen molar-refractivity contribution in [1.29, 1.82) is 0 Å². The molecule has 2 fully saturated rings. The van der Waals surface area contributed by atoms with E-state index in [4.69, 9.17) is 0 Å². The van der Waals surface area contributed by atoms with Gasteiger partial charge in [-0.25, -0.2) is 8.42 Å². The van der Waals surface area contributed by atoms with Crippen LogP contribution >= 0.6 is 0 Å². The molecule has 106 valence electrons. The van der Waals surface area contributed by atoms with Crippen LogP contribution in [0.25, 0.3) is 0 Å². The van der Waals surface area contributed by atoms with Crippen molar-refractivity contribution in [2.45, 2.75) is 68.9 Å². The van der Waals surface area contributed by atoms with Crippen LogP contribution in [0.15, 0.2) is 0 Å². The average Bonchev–Trinajstić information content (AvgIpc) is 2.71. The largest absolute Gasteiger partial charge is 0.317 e. The van der Waals surface area contributed by atoms with E-state index in [-0.39, 0.29) is 16.4 Å². The lowest BCUT2D eigenvalue weighted by molar-refractivity contribution is 0.376. The third-order valence-corrected chi connectivity index (χ3v) is 8.00. The quantitative estimate of drug-likeness (QED) is 0.858. The molecule has 2 rings (SSSR count). The van der Waals surface area contributed by atoms with E-state index in [1.807, 2.05) is 7.05 Å². The summed E-state index contributed by atoms with van der Waals surface area (Å²) in [6, 6.07) is 0.380. The van der Waals surface area contributed by atoms with Crippen LogP contribution in [-0.4, -0.2) is 32.0 Å². The summed E-state index contributed by atoms with van der Waals surface area (Å²) in [7, 11) is -0.984. The van der Waals surface area contributed by atoms with Crippen molar-refractivity contribution in [3.05, 3.63) is 0 Å². The van der Waals surface area contributed by atoms with E-state index in [0.29, 0.717) is 12.0 Å². The lowest BCUT2D eigenvalue weighted by Gasteiger charge is -2.30. The maximum Gasteiger partial charge on any atom is 0.156 e. The van der Waals surface area contributed by atoms with Crippen LogP contribution in [0.4, 0.5) is 0 Å². The average molecular weight is 273 g/mol. The highest BCUT2D eigenvalue weighted by Gasteiger charge is 2.44. The number of rotatable bonds is 3. The van der Waals surface area contributed by atoms with E-state index >= 15 is 0 Å². The third-order valence-electron chi connectivity index (χ3n) is 5.13. The first-order valence-corrected chi connectivity index (χ1v) is 8.97. The molecule has 2 aliphatic rings.